The number of rotatable bonds is 9. The molecule has 1 atom stereocenters. The molecule has 4 rings (SSSR count). The van der Waals surface area contributed by atoms with Gasteiger partial charge in [-0.15, -0.1) is 0 Å². The zero-order valence-electron chi connectivity index (χ0n) is 19.0. The van der Waals surface area contributed by atoms with Crippen molar-refractivity contribution in [1.29, 1.82) is 0 Å². The Morgan fingerprint density at radius 2 is 1.73 bits per heavy atom. The van der Waals surface area contributed by atoms with Crippen LogP contribution in [0.25, 0.3) is 0 Å². The minimum absolute atomic E-state index is 0.0795. The number of amides is 1. The second-order valence-electron chi connectivity index (χ2n) is 8.94. The number of carbonyl (C=O) groups excluding carboxylic acids is 1. The summed E-state index contributed by atoms with van der Waals surface area (Å²) in [6.45, 7) is 4.85. The van der Waals surface area contributed by atoms with Gasteiger partial charge in [0.2, 0.25) is 0 Å². The fraction of sp³-hybridized carbons (Fsp3) is 0.296. The van der Waals surface area contributed by atoms with Gasteiger partial charge in [0, 0.05) is 23.7 Å². The van der Waals surface area contributed by atoms with Gasteiger partial charge in [-0.3, -0.25) is 4.79 Å². The predicted molar refractivity (Wildman–Crippen MR) is 129 cm³/mol. The second kappa shape index (κ2) is 10.1. The average molecular weight is 447 g/mol. The van der Waals surface area contributed by atoms with Gasteiger partial charge in [0.15, 0.2) is 6.61 Å². The van der Waals surface area contributed by atoms with Crippen LogP contribution in [0.4, 0.5) is 5.69 Å². The molecule has 0 aromatic heterocycles. The van der Waals surface area contributed by atoms with Crippen molar-refractivity contribution in [3.05, 3.63) is 89.5 Å². The van der Waals surface area contributed by atoms with E-state index >= 15 is 0 Å². The summed E-state index contributed by atoms with van der Waals surface area (Å²) in [5.74, 6) is 0.808. The van der Waals surface area contributed by atoms with E-state index in [1.165, 1.54) is 5.56 Å². The van der Waals surface area contributed by atoms with Crippen molar-refractivity contribution in [2.75, 3.05) is 18.5 Å². The van der Waals surface area contributed by atoms with Gasteiger partial charge in [0.1, 0.15) is 18.1 Å². The third-order valence-electron chi connectivity index (χ3n) is 5.58. The first kappa shape index (κ1) is 22.8. The molecule has 6 nitrogen and oxygen atoms in total. The van der Waals surface area contributed by atoms with Crippen LogP contribution in [0.1, 0.15) is 36.6 Å². The topological polar surface area (TPSA) is 79.8 Å². The fourth-order valence-electron chi connectivity index (χ4n) is 3.93. The molecule has 3 aromatic rings. The van der Waals surface area contributed by atoms with Gasteiger partial charge < -0.3 is 25.2 Å². The molecule has 3 aromatic carbocycles. The molecule has 0 saturated heterocycles. The molecule has 0 aliphatic carbocycles. The number of carbonyl (C=O) groups is 1. The Labute approximate surface area is 194 Å². The Balaban J connectivity index is 1.49. The number of β-amino-alcohol motifs (C(OH)–C–C–N with tert-alkyl or cyclic N) is 1. The summed E-state index contributed by atoms with van der Waals surface area (Å²) in [6.07, 6.45) is -0.0186. The fourth-order valence-corrected chi connectivity index (χ4v) is 3.93. The molecule has 0 saturated carbocycles. The van der Waals surface area contributed by atoms with E-state index < -0.39 is 6.10 Å². The van der Waals surface area contributed by atoms with E-state index in [1.807, 2.05) is 48.5 Å². The lowest BCUT2D eigenvalue weighted by molar-refractivity contribution is -0.118. The molecule has 1 aliphatic rings. The highest BCUT2D eigenvalue weighted by Crippen LogP contribution is 2.39. The molecule has 1 heterocycles. The number of nitrogens with one attached hydrogen (secondary N) is 2. The summed E-state index contributed by atoms with van der Waals surface area (Å²) < 4.78 is 11.6. The molecule has 1 aliphatic heterocycles. The number of fused-ring (bicyclic) bond motifs is 1. The van der Waals surface area contributed by atoms with Crippen LogP contribution in [0.2, 0.25) is 0 Å². The average Bonchev–Trinajstić information content (AvgIpc) is 2.81. The predicted octanol–water partition coefficient (Wildman–Crippen LogP) is 4.24. The highest BCUT2D eigenvalue weighted by Gasteiger charge is 2.26. The molecule has 172 valence electrons. The van der Waals surface area contributed by atoms with Crippen molar-refractivity contribution in [1.82, 2.24) is 5.32 Å². The van der Waals surface area contributed by atoms with Crippen LogP contribution >= 0.6 is 0 Å². The zero-order valence-corrected chi connectivity index (χ0v) is 19.0. The Kier molecular flexibility index (Phi) is 6.96. The lowest BCUT2D eigenvalue weighted by Crippen LogP contribution is -2.43. The Morgan fingerprint density at radius 3 is 2.42 bits per heavy atom. The number of benzene rings is 3. The van der Waals surface area contributed by atoms with E-state index in [9.17, 15) is 9.90 Å². The minimum atomic E-state index is -0.843. The molecule has 1 amide bonds. The second-order valence-corrected chi connectivity index (χ2v) is 8.94. The monoisotopic (exact) mass is 446 g/mol. The first-order valence-electron chi connectivity index (χ1n) is 11.1. The number of hydrogen-bond acceptors (Lipinski definition) is 5. The number of aliphatic hydroxyl groups is 1. The van der Waals surface area contributed by atoms with Crippen molar-refractivity contribution < 1.29 is 19.4 Å². The lowest BCUT2D eigenvalue weighted by Gasteiger charge is -2.29. The largest absolute Gasteiger partial charge is 0.489 e. The van der Waals surface area contributed by atoms with E-state index in [-0.39, 0.29) is 18.1 Å². The normalized spacial score (nSPS) is 14.1. The van der Waals surface area contributed by atoms with E-state index in [0.717, 1.165) is 12.0 Å². The number of aliphatic hydroxyl groups excluding tert-OH is 1. The van der Waals surface area contributed by atoms with Crippen LogP contribution in [0.3, 0.4) is 0 Å². The summed E-state index contributed by atoms with van der Waals surface area (Å²) in [7, 11) is 0. The van der Waals surface area contributed by atoms with Gasteiger partial charge in [-0.05, 0) is 37.5 Å². The summed E-state index contributed by atoms with van der Waals surface area (Å²) in [4.78, 5) is 11.9. The van der Waals surface area contributed by atoms with Crippen LogP contribution in [-0.4, -0.2) is 29.7 Å². The van der Waals surface area contributed by atoms with E-state index in [4.69, 9.17) is 9.47 Å². The maximum atomic E-state index is 11.9. The van der Waals surface area contributed by atoms with E-state index in [0.29, 0.717) is 35.9 Å². The summed E-state index contributed by atoms with van der Waals surface area (Å²) in [5, 5.41) is 17.4. The van der Waals surface area contributed by atoms with Gasteiger partial charge >= 0.3 is 0 Å². The van der Waals surface area contributed by atoms with Crippen molar-refractivity contribution in [3.63, 3.8) is 0 Å². The molecule has 33 heavy (non-hydrogen) atoms. The molecular formula is C27H30N2O4. The molecule has 6 heteroatoms. The SMILES string of the molecule is CC(C)(Cc1ccccc1)NC[C@H](O)c1cc(OCc2ccccc2)cc2c1OCC(=O)N2. The lowest BCUT2D eigenvalue weighted by atomic mass is 9.94. The van der Waals surface area contributed by atoms with Gasteiger partial charge in [0.05, 0.1) is 11.8 Å². The molecule has 0 fully saturated rings. The van der Waals surface area contributed by atoms with Crippen LogP contribution < -0.4 is 20.1 Å². The van der Waals surface area contributed by atoms with Crippen LogP contribution in [-0.2, 0) is 17.8 Å². The maximum Gasteiger partial charge on any atom is 0.262 e. The summed E-state index contributed by atoms with van der Waals surface area (Å²) in [6, 6.07) is 23.6. The number of anilines is 1. The Hall–Kier alpha value is -3.35. The summed E-state index contributed by atoms with van der Waals surface area (Å²) in [5.41, 5.74) is 3.12. The molecule has 0 unspecified atom stereocenters. The third kappa shape index (κ3) is 6.12. The van der Waals surface area contributed by atoms with Crippen molar-refractivity contribution >= 4 is 11.6 Å². The first-order chi connectivity index (χ1) is 15.9. The standard InChI is InChI=1S/C27H30N2O4/c1-27(2,15-19-9-5-3-6-10-19)28-16-24(30)22-13-21(32-17-20-11-7-4-8-12-20)14-23-26(22)33-18-25(31)29-23/h3-14,24,28,30H,15-18H2,1-2H3,(H,29,31)/t24-/m0/s1. The van der Waals surface area contributed by atoms with Gasteiger partial charge in [-0.25, -0.2) is 0 Å². The number of ether oxygens (including phenoxy) is 2. The summed E-state index contributed by atoms with van der Waals surface area (Å²) >= 11 is 0. The minimum Gasteiger partial charge on any atom is -0.489 e. The Morgan fingerprint density at radius 1 is 1.06 bits per heavy atom. The molecular weight excluding hydrogens is 416 g/mol. The molecule has 3 N–H and O–H groups in total. The van der Waals surface area contributed by atoms with Crippen molar-refractivity contribution in [2.45, 2.75) is 38.5 Å². The Bertz CT molecular complexity index is 1080. The van der Waals surface area contributed by atoms with Crippen molar-refractivity contribution in [2.24, 2.45) is 0 Å². The van der Waals surface area contributed by atoms with Crippen LogP contribution in [0.15, 0.2) is 72.8 Å². The van der Waals surface area contributed by atoms with Crippen molar-refractivity contribution in [3.8, 4) is 11.5 Å². The van der Waals surface area contributed by atoms with Crippen LogP contribution in [0, 0.1) is 0 Å². The molecule has 0 spiro atoms. The highest BCUT2D eigenvalue weighted by molar-refractivity contribution is 5.96. The van der Waals surface area contributed by atoms with E-state index in [2.05, 4.69) is 36.6 Å². The van der Waals surface area contributed by atoms with Gasteiger partial charge in [-0.1, -0.05) is 60.7 Å². The smallest absolute Gasteiger partial charge is 0.262 e. The van der Waals surface area contributed by atoms with Gasteiger partial charge in [0.25, 0.3) is 5.91 Å². The molecule has 0 bridgehead atoms. The van der Waals surface area contributed by atoms with Gasteiger partial charge in [-0.2, -0.15) is 0 Å². The first-order valence-corrected chi connectivity index (χ1v) is 11.1. The quantitative estimate of drug-likeness (QED) is 0.458. The van der Waals surface area contributed by atoms with Crippen LogP contribution in [0.5, 0.6) is 11.5 Å². The third-order valence-corrected chi connectivity index (χ3v) is 5.58. The zero-order chi connectivity index (χ0) is 23.3. The maximum absolute atomic E-state index is 11.9. The van der Waals surface area contributed by atoms with E-state index in [1.54, 1.807) is 12.1 Å². The molecule has 0 radical (unpaired) electrons. The number of hydrogen-bond donors (Lipinski definition) is 3. The highest BCUT2D eigenvalue weighted by atomic mass is 16.5.